The van der Waals surface area contributed by atoms with E-state index in [-0.39, 0.29) is 23.7 Å². The van der Waals surface area contributed by atoms with Gasteiger partial charge in [0.15, 0.2) is 5.78 Å². The topological polar surface area (TPSA) is 35.6 Å². The Morgan fingerprint density at radius 2 is 1.82 bits per heavy atom. The number of nitrogens with zero attached hydrogens (tertiary/aromatic N) is 2. The maximum atomic E-state index is 14.6. The molecule has 2 aromatic rings. The van der Waals surface area contributed by atoms with Crippen LogP contribution >= 0.6 is 11.6 Å². The Kier molecular flexibility index (Phi) is 9.99. The molecular weight excluding hydrogens is 521 g/mol. The first kappa shape index (κ1) is 29.7. The Morgan fingerprint density at radius 3 is 2.58 bits per heavy atom. The lowest BCUT2D eigenvalue weighted by atomic mass is 9.68. The van der Waals surface area contributed by atoms with E-state index in [9.17, 15) is 9.18 Å². The third kappa shape index (κ3) is 6.98. The van der Waals surface area contributed by atoms with Crippen LogP contribution in [0.3, 0.4) is 0 Å². The van der Waals surface area contributed by atoms with Gasteiger partial charge in [0.05, 0.1) is 6.04 Å². The summed E-state index contributed by atoms with van der Waals surface area (Å²) < 4.78 is 14.6. The van der Waals surface area contributed by atoms with E-state index in [2.05, 4.69) is 47.2 Å². The van der Waals surface area contributed by atoms with Crippen molar-refractivity contribution < 1.29 is 9.18 Å². The molecule has 6 heteroatoms. The molecule has 2 aromatic carbocycles. The summed E-state index contributed by atoms with van der Waals surface area (Å²) in [6, 6.07) is 11.9. The Hall–Kier alpha value is -1.79. The monoisotopic (exact) mass is 567 g/mol. The van der Waals surface area contributed by atoms with Crippen LogP contribution in [0.2, 0.25) is 5.02 Å². The largest absolute Gasteiger partial charge is 0.307 e. The summed E-state index contributed by atoms with van der Waals surface area (Å²) in [7, 11) is 0. The van der Waals surface area contributed by atoms with E-state index in [4.69, 9.17) is 11.6 Å². The van der Waals surface area contributed by atoms with Gasteiger partial charge in [0.25, 0.3) is 0 Å². The third-order valence-corrected chi connectivity index (χ3v) is 10.3. The maximum absolute atomic E-state index is 14.6. The molecule has 0 radical (unpaired) electrons. The van der Waals surface area contributed by atoms with E-state index in [0.717, 1.165) is 57.9 Å². The molecule has 0 bridgehead atoms. The van der Waals surface area contributed by atoms with Crippen molar-refractivity contribution in [1.82, 2.24) is 15.1 Å². The lowest BCUT2D eigenvalue weighted by Gasteiger charge is -2.43. The summed E-state index contributed by atoms with van der Waals surface area (Å²) in [4.78, 5) is 19.1. The molecule has 40 heavy (non-hydrogen) atoms. The predicted octanol–water partition coefficient (Wildman–Crippen LogP) is 6.63. The fourth-order valence-corrected chi connectivity index (χ4v) is 7.81. The molecule has 5 rings (SSSR count). The van der Waals surface area contributed by atoms with E-state index < -0.39 is 5.82 Å². The van der Waals surface area contributed by atoms with Crippen LogP contribution in [0.4, 0.5) is 4.39 Å². The van der Waals surface area contributed by atoms with Gasteiger partial charge in [0.1, 0.15) is 5.82 Å². The number of aryl methyl sites for hydroxylation is 2. The number of hydrogen-bond donors (Lipinski definition) is 1. The van der Waals surface area contributed by atoms with Crippen molar-refractivity contribution in [2.75, 3.05) is 39.3 Å². The Bertz CT molecular complexity index is 1140. The number of ketones is 1. The molecule has 3 aliphatic rings. The van der Waals surface area contributed by atoms with E-state index in [1.165, 1.54) is 68.0 Å². The van der Waals surface area contributed by atoms with Crippen LogP contribution in [0.5, 0.6) is 0 Å². The lowest BCUT2D eigenvalue weighted by molar-refractivity contribution is -0.120. The van der Waals surface area contributed by atoms with Gasteiger partial charge in [0, 0.05) is 49.2 Å². The molecule has 0 aromatic heterocycles. The fourth-order valence-electron chi connectivity index (χ4n) is 7.58. The molecule has 218 valence electrons. The fraction of sp³-hybridized carbons (Fsp3) is 0.618. The first-order valence-electron chi connectivity index (χ1n) is 15.6. The highest BCUT2D eigenvalue weighted by Gasteiger charge is 2.40. The molecule has 4 nitrogen and oxygen atoms in total. The van der Waals surface area contributed by atoms with E-state index >= 15 is 0 Å². The minimum absolute atomic E-state index is 0.0230. The minimum Gasteiger partial charge on any atom is -0.307 e. The molecule has 0 spiro atoms. The molecule has 1 saturated carbocycles. The summed E-state index contributed by atoms with van der Waals surface area (Å²) in [5.74, 6) is -0.368. The van der Waals surface area contributed by atoms with Crippen LogP contribution in [0.1, 0.15) is 80.0 Å². The quantitative estimate of drug-likeness (QED) is 0.388. The summed E-state index contributed by atoms with van der Waals surface area (Å²) >= 11 is 6.31. The summed E-state index contributed by atoms with van der Waals surface area (Å²) in [5.41, 5.74) is 4.17. The number of piperazine rings is 1. The Labute approximate surface area is 245 Å². The average Bonchev–Trinajstić information content (AvgIpc) is 3.20. The van der Waals surface area contributed by atoms with Crippen LogP contribution < -0.4 is 5.32 Å². The van der Waals surface area contributed by atoms with Crippen LogP contribution in [0.25, 0.3) is 0 Å². The molecule has 2 atom stereocenters. The van der Waals surface area contributed by atoms with Crippen molar-refractivity contribution in [3.8, 4) is 0 Å². The summed E-state index contributed by atoms with van der Waals surface area (Å²) in [5, 5.41) is 3.87. The number of halogens is 2. The highest BCUT2D eigenvalue weighted by molar-refractivity contribution is 6.31. The van der Waals surface area contributed by atoms with Crippen LogP contribution in [0, 0.1) is 19.7 Å². The smallest absolute Gasteiger partial charge is 0.154 e. The number of benzene rings is 2. The molecule has 0 amide bonds. The number of hydrogen-bond acceptors (Lipinski definition) is 4. The second-order valence-electron chi connectivity index (χ2n) is 12.7. The van der Waals surface area contributed by atoms with Crippen molar-refractivity contribution in [3.63, 3.8) is 0 Å². The average molecular weight is 568 g/mol. The first-order chi connectivity index (χ1) is 19.3. The first-order valence-corrected chi connectivity index (χ1v) is 16.0. The van der Waals surface area contributed by atoms with Crippen molar-refractivity contribution in [1.29, 1.82) is 0 Å². The van der Waals surface area contributed by atoms with Gasteiger partial charge >= 0.3 is 0 Å². The van der Waals surface area contributed by atoms with E-state index in [1.54, 1.807) is 12.1 Å². The number of rotatable bonds is 8. The van der Waals surface area contributed by atoms with E-state index in [1.807, 2.05) is 0 Å². The van der Waals surface area contributed by atoms with Crippen molar-refractivity contribution in [3.05, 3.63) is 69.5 Å². The van der Waals surface area contributed by atoms with Gasteiger partial charge in [-0.15, -0.1) is 0 Å². The lowest BCUT2D eigenvalue weighted by Crippen LogP contribution is -2.51. The van der Waals surface area contributed by atoms with Crippen molar-refractivity contribution >= 4 is 17.4 Å². The van der Waals surface area contributed by atoms with Crippen LogP contribution in [-0.4, -0.2) is 66.9 Å². The molecule has 1 aliphatic carbocycles. The standard InChI is InChI=1S/C34H47ClFN3O/c1-25-12-13-26(2)29(22-25)34(15-17-38-18-20-39(21-19-38)27-8-4-3-5-9-27)14-7-16-37-32(24-34)33(40)23-28-30(35)10-6-11-31(28)36/h6,10-13,22,27,32,37H,3-5,7-9,14-21,23-24H2,1-2H3. The highest BCUT2D eigenvalue weighted by Crippen LogP contribution is 2.42. The maximum Gasteiger partial charge on any atom is 0.154 e. The van der Waals surface area contributed by atoms with E-state index in [0.29, 0.717) is 10.6 Å². The van der Waals surface area contributed by atoms with Crippen LogP contribution in [-0.2, 0) is 16.6 Å². The molecule has 2 saturated heterocycles. The number of nitrogens with one attached hydrogen (secondary N) is 1. The minimum atomic E-state index is -0.400. The van der Waals surface area contributed by atoms with Gasteiger partial charge in [-0.05, 0) is 94.1 Å². The van der Waals surface area contributed by atoms with Gasteiger partial charge in [-0.3, -0.25) is 9.69 Å². The van der Waals surface area contributed by atoms with Gasteiger partial charge < -0.3 is 10.2 Å². The zero-order chi connectivity index (χ0) is 28.1. The van der Waals surface area contributed by atoms with Crippen molar-refractivity contribution in [2.45, 2.75) is 95.6 Å². The molecule has 2 unspecified atom stereocenters. The van der Waals surface area contributed by atoms with Gasteiger partial charge in [-0.25, -0.2) is 4.39 Å². The molecular formula is C34H47ClFN3O. The zero-order valence-corrected chi connectivity index (χ0v) is 25.2. The van der Waals surface area contributed by atoms with Crippen LogP contribution in [0.15, 0.2) is 36.4 Å². The second-order valence-corrected chi connectivity index (χ2v) is 13.1. The summed E-state index contributed by atoms with van der Waals surface area (Å²) in [6.07, 6.45) is 10.8. The van der Waals surface area contributed by atoms with Crippen molar-refractivity contribution in [2.24, 2.45) is 0 Å². The number of carbonyl (C=O) groups is 1. The second kappa shape index (κ2) is 13.5. The molecule has 2 aliphatic heterocycles. The Balaban J connectivity index is 1.33. The molecule has 1 N–H and O–H groups in total. The number of Topliss-reactive ketones (excluding diaryl/α,β-unsaturated/α-hetero) is 1. The Morgan fingerprint density at radius 1 is 1.05 bits per heavy atom. The highest BCUT2D eigenvalue weighted by atomic mass is 35.5. The van der Waals surface area contributed by atoms with Gasteiger partial charge in [0.2, 0.25) is 0 Å². The van der Waals surface area contributed by atoms with Gasteiger partial charge in [-0.1, -0.05) is 60.7 Å². The normalized spacial score (nSPS) is 25.6. The zero-order valence-electron chi connectivity index (χ0n) is 24.5. The number of carbonyl (C=O) groups excluding carboxylic acids is 1. The summed E-state index contributed by atoms with van der Waals surface area (Å²) in [6.45, 7) is 10.8. The predicted molar refractivity (Wildman–Crippen MR) is 163 cm³/mol. The SMILES string of the molecule is Cc1ccc(C)c(C2(CCN3CCN(C4CCCCC4)CC3)CCCNC(C(=O)Cc3c(F)cccc3Cl)C2)c1. The molecule has 3 fully saturated rings. The third-order valence-electron chi connectivity index (χ3n) is 9.99. The van der Waals surface area contributed by atoms with Gasteiger partial charge in [-0.2, -0.15) is 0 Å². The molecule has 2 heterocycles.